The molecule has 0 saturated heterocycles. The van der Waals surface area contributed by atoms with Gasteiger partial charge in [-0.3, -0.25) is 0 Å². The molecule has 2 saturated carbocycles. The van der Waals surface area contributed by atoms with Gasteiger partial charge in [0.25, 0.3) is 0 Å². The smallest absolute Gasteiger partial charge is 0.331 e. The fourth-order valence-corrected chi connectivity index (χ4v) is 9.26. The van der Waals surface area contributed by atoms with E-state index in [0.29, 0.717) is 25.0 Å². The first-order chi connectivity index (χ1) is 21.3. The van der Waals surface area contributed by atoms with E-state index in [0.717, 1.165) is 46.9 Å². The fourth-order valence-electron chi connectivity index (χ4n) is 5.60. The lowest BCUT2D eigenvalue weighted by atomic mass is 9.76. The van der Waals surface area contributed by atoms with E-state index in [-0.39, 0.29) is 11.9 Å². The van der Waals surface area contributed by atoms with E-state index >= 15 is 0 Å². The predicted octanol–water partition coefficient (Wildman–Crippen LogP) is 6.73. The maximum atomic E-state index is 12.5. The summed E-state index contributed by atoms with van der Waals surface area (Å²) in [7, 11) is 0. The van der Waals surface area contributed by atoms with Gasteiger partial charge in [-0.2, -0.15) is 0 Å². The van der Waals surface area contributed by atoms with Crippen molar-refractivity contribution in [2.75, 3.05) is 13.2 Å². The van der Waals surface area contributed by atoms with E-state index in [4.69, 9.17) is 9.47 Å². The highest BCUT2D eigenvalue weighted by Crippen LogP contribution is 2.43. The largest absolute Gasteiger partial charge is 0.463 e. The lowest BCUT2D eigenvalue weighted by Crippen LogP contribution is -2.29. The summed E-state index contributed by atoms with van der Waals surface area (Å²) in [6.45, 7) is 6.65. The zero-order valence-corrected chi connectivity index (χ0v) is 27.4. The van der Waals surface area contributed by atoms with Crippen LogP contribution in [0.4, 0.5) is 0 Å². The summed E-state index contributed by atoms with van der Waals surface area (Å²) in [5, 5.41) is 3.42. The minimum Gasteiger partial charge on any atom is -0.463 e. The Kier molecular flexibility index (Phi) is 14.4. The Balaban J connectivity index is 0.000000228. The van der Waals surface area contributed by atoms with Crippen LogP contribution in [-0.4, -0.2) is 37.2 Å². The predicted molar refractivity (Wildman–Crippen MR) is 183 cm³/mol. The van der Waals surface area contributed by atoms with E-state index in [2.05, 4.69) is 50.2 Å². The van der Waals surface area contributed by atoms with Gasteiger partial charge >= 0.3 is 11.9 Å². The molecule has 2 fully saturated rings. The molecule has 5 rings (SSSR count). The quantitative estimate of drug-likeness (QED) is 0.116. The first-order valence-electron chi connectivity index (χ1n) is 15.7. The lowest BCUT2D eigenvalue weighted by molar-refractivity contribution is -0.137. The normalized spacial score (nSPS) is 20.3. The second kappa shape index (κ2) is 18.2. The molecule has 3 aromatic rings. The number of esters is 2. The Morgan fingerprint density at radius 2 is 1.05 bits per heavy atom. The van der Waals surface area contributed by atoms with Crippen molar-refractivity contribution in [3.05, 3.63) is 103 Å². The molecule has 234 valence electrons. The molecule has 3 aromatic carbocycles. The molecular formula is C38H47O5P. The molecule has 0 radical (unpaired) electrons. The highest BCUT2D eigenvalue weighted by molar-refractivity contribution is 7.95. The molecule has 2 aliphatic carbocycles. The van der Waals surface area contributed by atoms with Gasteiger partial charge in [-0.15, -0.1) is 0 Å². The summed E-state index contributed by atoms with van der Waals surface area (Å²) in [6.07, 6.45) is 9.29. The van der Waals surface area contributed by atoms with E-state index in [1.54, 1.807) is 11.9 Å². The molecule has 5 nitrogen and oxygen atoms in total. The highest BCUT2D eigenvalue weighted by Gasteiger charge is 2.27. The van der Waals surface area contributed by atoms with Crippen LogP contribution in [0.5, 0.6) is 0 Å². The summed E-state index contributed by atoms with van der Waals surface area (Å²) in [5.41, 5.74) is 0. The molecule has 0 heterocycles. The lowest BCUT2D eigenvalue weighted by Gasteiger charge is -2.29. The number of carbonyl (C=O) groups is 3. The Morgan fingerprint density at radius 1 is 0.659 bits per heavy atom. The molecule has 0 atom stereocenters. The molecule has 0 bridgehead atoms. The van der Waals surface area contributed by atoms with E-state index < -0.39 is 6.89 Å². The Hall–Kier alpha value is -3.69. The number of benzene rings is 3. The molecule has 6 heteroatoms. The first-order valence-corrected chi connectivity index (χ1v) is 17.6. The van der Waals surface area contributed by atoms with Crippen LogP contribution >= 0.6 is 6.89 Å². The number of rotatable bonds is 9. The molecular weight excluding hydrogens is 567 g/mol. The number of carbonyl (C=O) groups excluding carboxylic acids is 3. The third kappa shape index (κ3) is 10.2. The third-order valence-corrected chi connectivity index (χ3v) is 11.8. The van der Waals surface area contributed by atoms with Gasteiger partial charge in [0.1, 0.15) is 6.29 Å². The number of ether oxygens (including phenoxy) is 2. The molecule has 0 aromatic heterocycles. The molecule has 44 heavy (non-hydrogen) atoms. The van der Waals surface area contributed by atoms with E-state index in [1.807, 2.05) is 74.5 Å². The van der Waals surface area contributed by atoms with Crippen LogP contribution in [0.1, 0.15) is 53.4 Å². The minimum absolute atomic E-state index is 0.211. The zero-order chi connectivity index (χ0) is 31.8. The Labute approximate surface area is 263 Å². The van der Waals surface area contributed by atoms with Crippen LogP contribution in [0.2, 0.25) is 0 Å². The van der Waals surface area contributed by atoms with Crippen LogP contribution in [0.25, 0.3) is 0 Å². The molecule has 0 N–H and O–H groups in total. The standard InChI is InChI=1S/C22H21O2P.C10H16O2.C6H10O/c1-2-24-22(23)18-25(19-12-6-3-7-13-19,20-14-8-4-9-15-20)21-16-10-5-11-17-21;1-3-12-10(11)5-4-9-6-8(2)7-9;1-5-2-6(3-5)4-7/h3-18H,2H2,1H3;4-5,8-9H,3,6-7H2,1-2H3;4-6H,2-3H2,1H3/b;5-4+;. The second-order valence-corrected chi connectivity index (χ2v) is 14.8. The number of hydrogen-bond acceptors (Lipinski definition) is 5. The molecule has 0 unspecified atom stereocenters. The Bertz CT molecular complexity index is 1270. The summed E-state index contributed by atoms with van der Waals surface area (Å²) in [6, 6.07) is 30.7. The van der Waals surface area contributed by atoms with Crippen LogP contribution in [0, 0.1) is 23.7 Å². The number of allylic oxidation sites excluding steroid dienone is 1. The van der Waals surface area contributed by atoms with Gasteiger partial charge in [-0.1, -0.05) is 111 Å². The monoisotopic (exact) mass is 614 g/mol. The number of hydrogen-bond donors (Lipinski definition) is 0. The van der Waals surface area contributed by atoms with Crippen molar-refractivity contribution in [1.29, 1.82) is 0 Å². The van der Waals surface area contributed by atoms with Crippen LogP contribution in [-0.2, 0) is 23.9 Å². The van der Waals surface area contributed by atoms with Crippen LogP contribution in [0.3, 0.4) is 0 Å². The molecule has 0 amide bonds. The van der Waals surface area contributed by atoms with Gasteiger partial charge in [0.05, 0.1) is 13.2 Å². The summed E-state index contributed by atoms with van der Waals surface area (Å²) < 4.78 is 10.1. The van der Waals surface area contributed by atoms with Gasteiger partial charge < -0.3 is 14.3 Å². The van der Waals surface area contributed by atoms with Crippen molar-refractivity contribution < 1.29 is 23.9 Å². The van der Waals surface area contributed by atoms with Gasteiger partial charge in [0.15, 0.2) is 0 Å². The van der Waals surface area contributed by atoms with Crippen molar-refractivity contribution in [2.24, 2.45) is 23.7 Å². The maximum absolute atomic E-state index is 12.5. The van der Waals surface area contributed by atoms with Crippen LogP contribution in [0.15, 0.2) is 103 Å². The van der Waals surface area contributed by atoms with Crippen molar-refractivity contribution in [2.45, 2.75) is 53.4 Å². The SMILES string of the molecule is CC1CC(C=O)C1.CCOC(=O)/C=C/C1CC(C)C1.CCOC(=O)C=P(c1ccccc1)(c1ccccc1)c1ccccc1. The van der Waals surface area contributed by atoms with Gasteiger partial charge in [0, 0.05) is 17.8 Å². The van der Waals surface area contributed by atoms with Crippen molar-refractivity contribution >= 4 is 46.8 Å². The van der Waals surface area contributed by atoms with E-state index in [9.17, 15) is 14.4 Å². The molecule has 2 aliphatic rings. The maximum Gasteiger partial charge on any atom is 0.331 e. The van der Waals surface area contributed by atoms with Gasteiger partial charge in [-0.25, -0.2) is 9.59 Å². The highest BCUT2D eigenvalue weighted by atomic mass is 31.2. The van der Waals surface area contributed by atoms with Crippen molar-refractivity contribution in [3.63, 3.8) is 0 Å². The van der Waals surface area contributed by atoms with Crippen molar-refractivity contribution in [1.82, 2.24) is 0 Å². The molecule has 0 spiro atoms. The third-order valence-electron chi connectivity index (χ3n) is 7.88. The second-order valence-electron chi connectivity index (χ2n) is 11.5. The topological polar surface area (TPSA) is 69.7 Å². The number of aldehydes is 1. The minimum atomic E-state index is -2.24. The average molecular weight is 615 g/mol. The molecule has 0 aliphatic heterocycles. The Morgan fingerprint density at radius 3 is 1.39 bits per heavy atom. The summed E-state index contributed by atoms with van der Waals surface area (Å²) in [5.74, 6) is 4.00. The van der Waals surface area contributed by atoms with Gasteiger partial charge in [0.2, 0.25) is 0 Å². The fraction of sp³-hybridized carbons (Fsp3) is 0.368. The van der Waals surface area contributed by atoms with Crippen LogP contribution < -0.4 is 15.9 Å². The van der Waals surface area contributed by atoms with Gasteiger partial charge in [-0.05, 0) is 80.1 Å². The average Bonchev–Trinajstić information content (AvgIpc) is 3.02. The first kappa shape index (κ1) is 34.8. The summed E-state index contributed by atoms with van der Waals surface area (Å²) >= 11 is 0. The summed E-state index contributed by atoms with van der Waals surface area (Å²) in [4.78, 5) is 33.3. The van der Waals surface area contributed by atoms with E-state index in [1.165, 1.54) is 12.8 Å². The zero-order valence-electron chi connectivity index (χ0n) is 26.5. The van der Waals surface area contributed by atoms with Crippen molar-refractivity contribution in [3.8, 4) is 0 Å².